The molecule has 38 heavy (non-hydrogen) atoms. The number of nitrogens with zero attached hydrogens (tertiary/aromatic N) is 2. The van der Waals surface area contributed by atoms with Crippen molar-refractivity contribution in [1.29, 1.82) is 0 Å². The highest BCUT2D eigenvalue weighted by Gasteiger charge is 2.63. The van der Waals surface area contributed by atoms with Gasteiger partial charge in [0.1, 0.15) is 18.8 Å². The van der Waals surface area contributed by atoms with E-state index in [1.807, 2.05) is 0 Å². The van der Waals surface area contributed by atoms with Crippen LogP contribution < -0.4 is 9.47 Å². The van der Waals surface area contributed by atoms with Crippen LogP contribution >= 0.6 is 0 Å². The largest absolute Gasteiger partial charge is 0.528 e. The number of rotatable bonds is 9. The number of amides is 1. The quantitative estimate of drug-likeness (QED) is 0.196. The van der Waals surface area contributed by atoms with E-state index in [4.69, 9.17) is 19.0 Å². The molecule has 0 saturated carbocycles. The van der Waals surface area contributed by atoms with E-state index in [2.05, 4.69) is 4.18 Å². The summed E-state index contributed by atoms with van der Waals surface area (Å²) in [6.45, 7) is -0.902. The van der Waals surface area contributed by atoms with Crippen LogP contribution in [0.4, 0.5) is 18.0 Å². The first kappa shape index (κ1) is 27.5. The number of hydrogen-bond acceptors (Lipinski definition) is 10. The minimum Gasteiger partial charge on any atom is -0.493 e. The van der Waals surface area contributed by atoms with E-state index in [-0.39, 0.29) is 13.2 Å². The molecular formula is C23H23F3N2O9S. The zero-order valence-electron chi connectivity index (χ0n) is 20.1. The monoisotopic (exact) mass is 560 g/mol. The first-order valence-corrected chi connectivity index (χ1v) is 12.5. The third kappa shape index (κ3) is 5.49. The van der Waals surface area contributed by atoms with Crippen LogP contribution in [-0.2, 0) is 41.8 Å². The minimum atomic E-state index is -6.01. The van der Waals surface area contributed by atoms with E-state index in [0.29, 0.717) is 22.6 Å². The smallest absolute Gasteiger partial charge is 0.493 e. The van der Waals surface area contributed by atoms with Crippen molar-refractivity contribution >= 4 is 22.2 Å². The van der Waals surface area contributed by atoms with E-state index in [0.717, 1.165) is 9.96 Å². The summed E-state index contributed by atoms with van der Waals surface area (Å²) in [5.41, 5.74) is -4.52. The van der Waals surface area contributed by atoms with Gasteiger partial charge in [0.2, 0.25) is 5.91 Å². The Labute approximate surface area is 215 Å². The molecule has 0 N–H and O–H groups in total. The summed E-state index contributed by atoms with van der Waals surface area (Å²) in [5, 5.41) is 0.780. The number of fused-ring (bicyclic) bond motifs is 1. The van der Waals surface area contributed by atoms with Gasteiger partial charge in [-0.3, -0.25) is 8.98 Å². The van der Waals surface area contributed by atoms with Gasteiger partial charge < -0.3 is 23.9 Å². The number of likely N-dealkylation sites (tertiary alicyclic amines) is 1. The molecule has 2 heterocycles. The van der Waals surface area contributed by atoms with Crippen LogP contribution in [0.25, 0.3) is 0 Å². The van der Waals surface area contributed by atoms with Crippen molar-refractivity contribution in [2.75, 3.05) is 20.8 Å². The third-order valence-electron chi connectivity index (χ3n) is 6.00. The molecule has 2 aliphatic heterocycles. The summed E-state index contributed by atoms with van der Waals surface area (Å²) >= 11 is 0. The molecule has 2 saturated heterocycles. The maximum absolute atomic E-state index is 13.0. The molecule has 2 aromatic rings. The predicted octanol–water partition coefficient (Wildman–Crippen LogP) is 2.60. The molecule has 0 bridgehead atoms. The molecule has 0 aromatic heterocycles. The number of halogens is 3. The van der Waals surface area contributed by atoms with Gasteiger partial charge >= 0.3 is 21.8 Å². The molecule has 0 spiro atoms. The number of β-lactam (4-membered cyclic amide) rings is 1. The van der Waals surface area contributed by atoms with Gasteiger partial charge in [0, 0.05) is 6.54 Å². The molecule has 0 aliphatic carbocycles. The Kier molecular flexibility index (Phi) is 7.71. The summed E-state index contributed by atoms with van der Waals surface area (Å²) in [7, 11) is -3.17. The van der Waals surface area contributed by atoms with Crippen molar-refractivity contribution in [3.8, 4) is 11.5 Å². The van der Waals surface area contributed by atoms with E-state index in [9.17, 15) is 31.2 Å². The maximum atomic E-state index is 13.0. The molecule has 15 heteroatoms. The molecule has 206 valence electrons. The second-order valence-electron chi connectivity index (χ2n) is 8.34. The highest BCUT2D eigenvalue weighted by atomic mass is 32.2. The Bertz CT molecular complexity index is 1290. The lowest BCUT2D eigenvalue weighted by molar-refractivity contribution is -0.188. The molecule has 3 atom stereocenters. The summed E-state index contributed by atoms with van der Waals surface area (Å²) < 4.78 is 82.5. The highest BCUT2D eigenvalue weighted by Crippen LogP contribution is 2.40. The molecule has 0 radical (unpaired) electrons. The van der Waals surface area contributed by atoms with Crippen LogP contribution in [0.5, 0.6) is 11.5 Å². The van der Waals surface area contributed by atoms with Crippen molar-refractivity contribution in [3.05, 3.63) is 59.7 Å². The Morgan fingerprint density at radius 3 is 2.34 bits per heavy atom. The van der Waals surface area contributed by atoms with Gasteiger partial charge in [-0.25, -0.2) is 4.79 Å². The Balaban J connectivity index is 1.51. The first-order chi connectivity index (χ1) is 17.9. The van der Waals surface area contributed by atoms with Gasteiger partial charge in [0.15, 0.2) is 11.5 Å². The standard InChI is InChI=1S/C23H23F3N2O9S/c1-33-16-9-8-15(10-17(16)34-2)11-27-19-18(37-38(31,32)23(24,25)26)12-28(20(19)21(27)29)36-22(30)35-13-14-6-4-3-5-7-14/h3-10,18-20H,11-13H2,1-2H3/t18-,19-,20+/m1/s1. The van der Waals surface area contributed by atoms with Crippen LogP contribution in [-0.4, -0.2) is 74.9 Å². The van der Waals surface area contributed by atoms with Crippen LogP contribution in [0.3, 0.4) is 0 Å². The van der Waals surface area contributed by atoms with Gasteiger partial charge in [-0.1, -0.05) is 36.4 Å². The number of ether oxygens (including phenoxy) is 3. The lowest BCUT2D eigenvalue weighted by atomic mass is 9.93. The SMILES string of the molecule is COc1ccc(CN2C(=O)[C@@H]3[C@H]2[C@H](OS(=O)(=O)C(F)(F)F)CN3OC(=O)OCc2ccccc2)cc1OC. The molecular weight excluding hydrogens is 537 g/mol. The van der Waals surface area contributed by atoms with Gasteiger partial charge in [0.05, 0.1) is 26.8 Å². The second-order valence-corrected chi connectivity index (χ2v) is 9.90. The number of methoxy groups -OCH3 is 2. The molecule has 11 nitrogen and oxygen atoms in total. The normalized spacial score (nSPS) is 21.4. The van der Waals surface area contributed by atoms with E-state index in [1.54, 1.807) is 48.5 Å². The lowest BCUT2D eigenvalue weighted by Gasteiger charge is -2.45. The fraction of sp³-hybridized carbons (Fsp3) is 0.391. The molecule has 1 amide bonds. The summed E-state index contributed by atoms with van der Waals surface area (Å²) in [5.74, 6) is 0.145. The average molecular weight is 561 g/mol. The van der Waals surface area contributed by atoms with Crippen molar-refractivity contribution in [2.45, 2.75) is 36.8 Å². The van der Waals surface area contributed by atoms with Crippen LogP contribution in [0.1, 0.15) is 11.1 Å². The Morgan fingerprint density at radius 1 is 1.03 bits per heavy atom. The summed E-state index contributed by atoms with van der Waals surface area (Å²) in [6.07, 6.45) is -2.90. The lowest BCUT2D eigenvalue weighted by Crippen LogP contribution is -2.68. The number of carbonyl (C=O) groups is 2. The maximum Gasteiger partial charge on any atom is 0.528 e. The summed E-state index contributed by atoms with van der Waals surface area (Å²) in [4.78, 5) is 31.4. The number of benzene rings is 2. The first-order valence-electron chi connectivity index (χ1n) is 11.1. The number of hydroxylamine groups is 2. The fourth-order valence-corrected chi connectivity index (χ4v) is 4.85. The number of alkyl halides is 3. The van der Waals surface area contributed by atoms with Crippen molar-refractivity contribution in [3.63, 3.8) is 0 Å². The van der Waals surface area contributed by atoms with Crippen LogP contribution in [0.15, 0.2) is 48.5 Å². The molecule has 4 rings (SSSR count). The molecule has 0 unspecified atom stereocenters. The van der Waals surface area contributed by atoms with Crippen LogP contribution in [0, 0.1) is 0 Å². The number of carbonyl (C=O) groups excluding carboxylic acids is 2. The zero-order chi connectivity index (χ0) is 27.7. The zero-order valence-corrected chi connectivity index (χ0v) is 20.9. The van der Waals surface area contributed by atoms with Crippen molar-refractivity contribution < 1.29 is 54.4 Å². The van der Waals surface area contributed by atoms with Gasteiger partial charge in [-0.05, 0) is 23.3 Å². The Morgan fingerprint density at radius 2 is 1.71 bits per heavy atom. The molecule has 2 aliphatic rings. The average Bonchev–Trinajstić information content (AvgIpc) is 3.18. The molecule has 2 aromatic carbocycles. The van der Waals surface area contributed by atoms with Crippen molar-refractivity contribution in [2.24, 2.45) is 0 Å². The van der Waals surface area contributed by atoms with Gasteiger partial charge in [0.25, 0.3) is 0 Å². The topological polar surface area (TPSA) is 121 Å². The van der Waals surface area contributed by atoms with E-state index < -0.39 is 52.4 Å². The third-order valence-corrected chi connectivity index (χ3v) is 7.06. The highest BCUT2D eigenvalue weighted by molar-refractivity contribution is 7.87. The fourth-order valence-electron chi connectivity index (χ4n) is 4.24. The van der Waals surface area contributed by atoms with Gasteiger partial charge in [-0.2, -0.15) is 21.6 Å². The minimum absolute atomic E-state index is 0.113. The number of hydrogen-bond donors (Lipinski definition) is 0. The van der Waals surface area contributed by atoms with E-state index >= 15 is 0 Å². The second kappa shape index (κ2) is 10.7. The Hall–Kier alpha value is -3.56. The summed E-state index contributed by atoms with van der Waals surface area (Å²) in [6, 6.07) is 10.9. The van der Waals surface area contributed by atoms with E-state index in [1.165, 1.54) is 14.2 Å². The molecule has 2 fully saturated rings. The van der Waals surface area contributed by atoms with Crippen LogP contribution in [0.2, 0.25) is 0 Å². The van der Waals surface area contributed by atoms with Crippen molar-refractivity contribution in [1.82, 2.24) is 9.96 Å². The van der Waals surface area contributed by atoms with Gasteiger partial charge in [-0.15, -0.1) is 5.06 Å². The predicted molar refractivity (Wildman–Crippen MR) is 122 cm³/mol.